The van der Waals surface area contributed by atoms with Crippen molar-refractivity contribution >= 4 is 11.7 Å². The van der Waals surface area contributed by atoms with Crippen molar-refractivity contribution in [3.05, 3.63) is 0 Å². The highest BCUT2D eigenvalue weighted by Gasteiger charge is 2.35. The smallest absolute Gasteiger partial charge is 0.228 e. The first-order valence-corrected chi connectivity index (χ1v) is 7.00. The molecule has 0 aromatic carbocycles. The van der Waals surface area contributed by atoms with E-state index in [2.05, 4.69) is 5.16 Å². The number of hydrogen-bond acceptors (Lipinski definition) is 4. The Hall–Kier alpha value is -1.30. The van der Waals surface area contributed by atoms with E-state index in [4.69, 9.17) is 15.7 Å². The standard InChI is InChI=1S/C13H23N3O3/c1-9-6-10(8-19-9)13(17)16(7-12(14)15-18)11-4-2-3-5-11/h9-11,18H,2-8H2,1H3,(H2,14,15). The number of carbonyl (C=O) groups excluding carboxylic acids is 1. The molecule has 1 heterocycles. The SMILES string of the molecule is CC1CC(C(=O)N(CC(N)=NO)C2CCCC2)CO1. The normalized spacial score (nSPS) is 28.8. The van der Waals surface area contributed by atoms with E-state index in [1.165, 1.54) is 0 Å². The summed E-state index contributed by atoms with van der Waals surface area (Å²) in [5.74, 6) is 0.0946. The number of amides is 1. The number of oxime groups is 1. The highest BCUT2D eigenvalue weighted by Crippen LogP contribution is 2.27. The molecule has 6 nitrogen and oxygen atoms in total. The summed E-state index contributed by atoms with van der Waals surface area (Å²) in [4.78, 5) is 14.4. The molecule has 0 spiro atoms. The third kappa shape index (κ3) is 3.37. The van der Waals surface area contributed by atoms with Crippen molar-refractivity contribution in [3.63, 3.8) is 0 Å². The molecule has 0 aromatic heterocycles. The van der Waals surface area contributed by atoms with E-state index < -0.39 is 0 Å². The minimum absolute atomic E-state index is 0.0814. The lowest BCUT2D eigenvalue weighted by Crippen LogP contribution is -2.47. The number of rotatable bonds is 4. The lowest BCUT2D eigenvalue weighted by atomic mass is 10.0. The number of carbonyl (C=O) groups is 1. The van der Waals surface area contributed by atoms with Gasteiger partial charge in [-0.15, -0.1) is 0 Å². The Morgan fingerprint density at radius 3 is 2.68 bits per heavy atom. The maximum absolute atomic E-state index is 12.6. The van der Waals surface area contributed by atoms with E-state index in [1.807, 2.05) is 6.92 Å². The predicted molar refractivity (Wildman–Crippen MR) is 70.9 cm³/mol. The van der Waals surface area contributed by atoms with Gasteiger partial charge in [0.2, 0.25) is 5.91 Å². The molecule has 2 rings (SSSR count). The van der Waals surface area contributed by atoms with Gasteiger partial charge in [-0.3, -0.25) is 4.79 Å². The molecule has 1 saturated carbocycles. The van der Waals surface area contributed by atoms with Gasteiger partial charge in [0.05, 0.1) is 25.2 Å². The predicted octanol–water partition coefficient (Wildman–Crippen LogP) is 0.929. The van der Waals surface area contributed by atoms with Crippen LogP contribution in [0.1, 0.15) is 39.0 Å². The maximum atomic E-state index is 12.6. The third-order valence-electron chi connectivity index (χ3n) is 4.06. The molecule has 0 bridgehead atoms. The Labute approximate surface area is 113 Å². The van der Waals surface area contributed by atoms with E-state index in [-0.39, 0.29) is 36.4 Å². The van der Waals surface area contributed by atoms with Crippen LogP contribution in [0.2, 0.25) is 0 Å². The summed E-state index contributed by atoms with van der Waals surface area (Å²) in [7, 11) is 0. The van der Waals surface area contributed by atoms with E-state index >= 15 is 0 Å². The summed E-state index contributed by atoms with van der Waals surface area (Å²) in [5, 5.41) is 11.7. The second-order valence-electron chi connectivity index (χ2n) is 5.57. The zero-order chi connectivity index (χ0) is 13.8. The molecule has 1 saturated heterocycles. The molecule has 2 unspecified atom stereocenters. The number of amidine groups is 1. The topological polar surface area (TPSA) is 88.2 Å². The van der Waals surface area contributed by atoms with Crippen molar-refractivity contribution < 1.29 is 14.7 Å². The van der Waals surface area contributed by atoms with Crippen LogP contribution >= 0.6 is 0 Å². The van der Waals surface area contributed by atoms with Gasteiger partial charge < -0.3 is 20.6 Å². The largest absolute Gasteiger partial charge is 0.409 e. The second-order valence-corrected chi connectivity index (χ2v) is 5.57. The van der Waals surface area contributed by atoms with Crippen LogP contribution in [0.3, 0.4) is 0 Å². The fourth-order valence-electron chi connectivity index (χ4n) is 3.03. The van der Waals surface area contributed by atoms with Gasteiger partial charge >= 0.3 is 0 Å². The highest BCUT2D eigenvalue weighted by atomic mass is 16.5. The van der Waals surface area contributed by atoms with Crippen molar-refractivity contribution in [2.24, 2.45) is 16.8 Å². The summed E-state index contributed by atoms with van der Waals surface area (Å²) >= 11 is 0. The van der Waals surface area contributed by atoms with Crippen LogP contribution in [0.5, 0.6) is 0 Å². The summed E-state index contributed by atoms with van der Waals surface area (Å²) in [5.41, 5.74) is 5.58. The van der Waals surface area contributed by atoms with Crippen LogP contribution < -0.4 is 5.73 Å². The van der Waals surface area contributed by atoms with Gasteiger partial charge in [0.25, 0.3) is 0 Å². The molecule has 2 aliphatic rings. The molecule has 2 atom stereocenters. The van der Waals surface area contributed by atoms with Gasteiger partial charge in [0, 0.05) is 6.04 Å². The average Bonchev–Trinajstić information content (AvgIpc) is 3.05. The van der Waals surface area contributed by atoms with E-state index in [1.54, 1.807) is 4.90 Å². The quantitative estimate of drug-likeness (QED) is 0.344. The molecule has 3 N–H and O–H groups in total. The van der Waals surface area contributed by atoms with Crippen LogP contribution in [0.4, 0.5) is 0 Å². The van der Waals surface area contributed by atoms with Gasteiger partial charge in [-0.05, 0) is 26.2 Å². The lowest BCUT2D eigenvalue weighted by molar-refractivity contribution is -0.136. The van der Waals surface area contributed by atoms with Crippen LogP contribution in [0.25, 0.3) is 0 Å². The van der Waals surface area contributed by atoms with Gasteiger partial charge in [0.15, 0.2) is 5.84 Å². The first-order valence-electron chi connectivity index (χ1n) is 7.00. The van der Waals surface area contributed by atoms with Crippen LogP contribution in [-0.2, 0) is 9.53 Å². The van der Waals surface area contributed by atoms with E-state index in [0.717, 1.165) is 32.1 Å². The average molecular weight is 269 g/mol. The van der Waals surface area contributed by atoms with Crippen molar-refractivity contribution in [1.82, 2.24) is 4.90 Å². The van der Waals surface area contributed by atoms with Gasteiger partial charge in [0.1, 0.15) is 0 Å². The number of nitrogens with zero attached hydrogens (tertiary/aromatic N) is 2. The van der Waals surface area contributed by atoms with Crippen molar-refractivity contribution in [1.29, 1.82) is 0 Å². The first kappa shape index (κ1) is 14.1. The summed E-state index contributed by atoms with van der Waals surface area (Å²) in [6, 6.07) is 0.226. The highest BCUT2D eigenvalue weighted by molar-refractivity contribution is 5.88. The molecule has 19 heavy (non-hydrogen) atoms. The van der Waals surface area contributed by atoms with E-state index in [9.17, 15) is 4.79 Å². The van der Waals surface area contributed by atoms with Gasteiger partial charge in [-0.25, -0.2) is 0 Å². The number of hydrogen-bond donors (Lipinski definition) is 2. The molecule has 0 radical (unpaired) electrons. The van der Waals surface area contributed by atoms with Crippen molar-refractivity contribution in [3.8, 4) is 0 Å². The Bertz CT molecular complexity index is 353. The van der Waals surface area contributed by atoms with Crippen LogP contribution in [0.15, 0.2) is 5.16 Å². The monoisotopic (exact) mass is 269 g/mol. The van der Waals surface area contributed by atoms with E-state index in [0.29, 0.717) is 6.61 Å². The fourth-order valence-corrected chi connectivity index (χ4v) is 3.03. The first-order chi connectivity index (χ1) is 9.11. The molecule has 6 heteroatoms. The van der Waals surface area contributed by atoms with Gasteiger partial charge in [-0.2, -0.15) is 0 Å². The van der Waals surface area contributed by atoms with Crippen molar-refractivity contribution in [2.45, 2.75) is 51.2 Å². The molecule has 1 aliphatic heterocycles. The molecule has 0 aromatic rings. The maximum Gasteiger partial charge on any atom is 0.228 e. The zero-order valence-corrected chi connectivity index (χ0v) is 11.4. The Balaban J connectivity index is 2.05. The minimum atomic E-state index is -0.0814. The second kappa shape index (κ2) is 6.23. The molecular formula is C13H23N3O3. The van der Waals surface area contributed by atoms with Gasteiger partial charge in [-0.1, -0.05) is 18.0 Å². The Kier molecular flexibility index (Phi) is 4.63. The van der Waals surface area contributed by atoms with Crippen LogP contribution in [-0.4, -0.2) is 47.1 Å². The number of nitrogens with two attached hydrogens (primary N) is 1. The summed E-state index contributed by atoms with van der Waals surface area (Å²) in [6.07, 6.45) is 5.20. The molecule has 2 fully saturated rings. The molecule has 1 amide bonds. The fraction of sp³-hybridized carbons (Fsp3) is 0.846. The Morgan fingerprint density at radius 2 is 2.16 bits per heavy atom. The van der Waals surface area contributed by atoms with Crippen LogP contribution in [0, 0.1) is 5.92 Å². The summed E-state index contributed by atoms with van der Waals surface area (Å²) in [6.45, 7) is 2.68. The minimum Gasteiger partial charge on any atom is -0.409 e. The lowest BCUT2D eigenvalue weighted by Gasteiger charge is -2.30. The number of ether oxygens (including phenoxy) is 1. The summed E-state index contributed by atoms with van der Waals surface area (Å²) < 4.78 is 5.47. The van der Waals surface area contributed by atoms with Crippen molar-refractivity contribution in [2.75, 3.05) is 13.2 Å². The molecule has 1 aliphatic carbocycles. The Morgan fingerprint density at radius 1 is 1.47 bits per heavy atom. The molecular weight excluding hydrogens is 246 g/mol. The third-order valence-corrected chi connectivity index (χ3v) is 4.06. The zero-order valence-electron chi connectivity index (χ0n) is 11.4. The molecule has 108 valence electrons.